The molecule has 0 unspecified atom stereocenters. The van der Waals surface area contributed by atoms with Gasteiger partial charge in [0.1, 0.15) is 18.4 Å². The smallest absolute Gasteiger partial charge is 0.322 e. The zero-order valence-electron chi connectivity index (χ0n) is 19.5. The number of sulfonamides is 1. The van der Waals surface area contributed by atoms with E-state index in [-0.39, 0.29) is 29.3 Å². The van der Waals surface area contributed by atoms with Gasteiger partial charge in [-0.1, -0.05) is 45.0 Å². The van der Waals surface area contributed by atoms with Crippen molar-refractivity contribution in [1.29, 1.82) is 0 Å². The fraction of sp³-hybridized carbons (Fsp3) is 0.391. The summed E-state index contributed by atoms with van der Waals surface area (Å²) in [5.41, 5.74) is 11.8. The molecule has 2 rings (SSSR count). The van der Waals surface area contributed by atoms with Crippen molar-refractivity contribution in [3.05, 3.63) is 59.7 Å². The van der Waals surface area contributed by atoms with Gasteiger partial charge in [-0.05, 0) is 52.4 Å². The molecule has 0 fully saturated rings. The van der Waals surface area contributed by atoms with Gasteiger partial charge in [0, 0.05) is 6.42 Å². The Kier molecular flexibility index (Phi) is 9.28. The second kappa shape index (κ2) is 11.7. The molecular formula is C23H32N4O6S. The SMILES string of the molecule is CC(C)(C)c1ccc(S(=O)(=O)N[C@@H](Cc2ccc(OCCCON=C(N)N)cc2)C(=O)O)cc1. The average molecular weight is 493 g/mol. The number of nitrogens with zero attached hydrogens (tertiary/aromatic N) is 1. The molecule has 0 aromatic heterocycles. The molecule has 0 saturated heterocycles. The van der Waals surface area contributed by atoms with Crippen LogP contribution in [0.1, 0.15) is 38.3 Å². The predicted molar refractivity (Wildman–Crippen MR) is 129 cm³/mol. The minimum absolute atomic E-state index is 0.0133. The third kappa shape index (κ3) is 8.56. The van der Waals surface area contributed by atoms with E-state index in [1.165, 1.54) is 12.1 Å². The first-order valence-corrected chi connectivity index (χ1v) is 12.1. The molecule has 2 aromatic rings. The molecular weight excluding hydrogens is 460 g/mol. The van der Waals surface area contributed by atoms with Crippen LogP contribution in [0, 0.1) is 0 Å². The van der Waals surface area contributed by atoms with Crippen molar-refractivity contribution in [2.24, 2.45) is 16.6 Å². The van der Waals surface area contributed by atoms with Crippen LogP contribution >= 0.6 is 0 Å². The number of ether oxygens (including phenoxy) is 1. The predicted octanol–water partition coefficient (Wildman–Crippen LogP) is 1.93. The Bertz CT molecular complexity index is 1070. The topological polar surface area (TPSA) is 166 Å². The molecule has 1 atom stereocenters. The standard InChI is InChI=1S/C23H32N4O6S/c1-23(2,3)17-7-11-19(12-8-17)34(30,31)27-20(21(28)29)15-16-5-9-18(10-6-16)32-13-4-14-33-26-22(24)25/h5-12,20,27H,4,13-15H2,1-3H3,(H,28,29)(H4,24,25,26)/t20-/m0/s1. The molecule has 0 radical (unpaired) electrons. The summed E-state index contributed by atoms with van der Waals surface area (Å²) in [7, 11) is -4.01. The van der Waals surface area contributed by atoms with Crippen LogP contribution in [0.2, 0.25) is 0 Å². The van der Waals surface area contributed by atoms with Gasteiger partial charge in [-0.25, -0.2) is 8.42 Å². The van der Waals surface area contributed by atoms with Crippen LogP contribution in [0.5, 0.6) is 5.75 Å². The van der Waals surface area contributed by atoms with Crippen molar-refractivity contribution in [2.45, 2.75) is 50.0 Å². The summed E-state index contributed by atoms with van der Waals surface area (Å²) in [4.78, 5) is 16.6. The van der Waals surface area contributed by atoms with E-state index in [1.807, 2.05) is 20.8 Å². The van der Waals surface area contributed by atoms with Gasteiger partial charge in [0.05, 0.1) is 11.5 Å². The average Bonchev–Trinajstić information content (AvgIpc) is 2.76. The molecule has 11 heteroatoms. The Labute approximate surface area is 200 Å². The summed E-state index contributed by atoms with van der Waals surface area (Å²) in [6, 6.07) is 11.8. The summed E-state index contributed by atoms with van der Waals surface area (Å²) in [6.45, 7) is 6.72. The van der Waals surface area contributed by atoms with E-state index in [0.717, 1.165) is 5.56 Å². The van der Waals surface area contributed by atoms with Crippen LogP contribution in [0.3, 0.4) is 0 Å². The minimum Gasteiger partial charge on any atom is -0.493 e. The quantitative estimate of drug-likeness (QED) is 0.151. The van der Waals surface area contributed by atoms with Gasteiger partial charge in [-0.3, -0.25) is 4.79 Å². The lowest BCUT2D eigenvalue weighted by Gasteiger charge is -2.20. The number of oxime groups is 1. The van der Waals surface area contributed by atoms with Gasteiger partial charge in [0.2, 0.25) is 16.0 Å². The molecule has 0 saturated carbocycles. The Hall–Kier alpha value is -3.31. The molecule has 2 aromatic carbocycles. The number of nitrogens with two attached hydrogens (primary N) is 2. The van der Waals surface area contributed by atoms with E-state index < -0.39 is 22.0 Å². The van der Waals surface area contributed by atoms with Crippen molar-refractivity contribution in [2.75, 3.05) is 13.2 Å². The monoisotopic (exact) mass is 492 g/mol. The molecule has 0 heterocycles. The summed E-state index contributed by atoms with van der Waals surface area (Å²) in [5.74, 6) is -0.843. The van der Waals surface area contributed by atoms with Crippen molar-refractivity contribution >= 4 is 22.0 Å². The highest BCUT2D eigenvalue weighted by Gasteiger charge is 2.26. The molecule has 0 aliphatic rings. The van der Waals surface area contributed by atoms with Gasteiger partial charge in [0.15, 0.2) is 0 Å². The van der Waals surface area contributed by atoms with Gasteiger partial charge in [-0.2, -0.15) is 4.72 Å². The Morgan fingerprint density at radius 1 is 1.06 bits per heavy atom. The van der Waals surface area contributed by atoms with E-state index in [4.69, 9.17) is 21.0 Å². The molecule has 0 aliphatic heterocycles. The van der Waals surface area contributed by atoms with E-state index in [1.54, 1.807) is 36.4 Å². The van der Waals surface area contributed by atoms with Gasteiger partial charge < -0.3 is 26.1 Å². The zero-order valence-corrected chi connectivity index (χ0v) is 20.3. The number of carboxylic acids is 1. The highest BCUT2D eigenvalue weighted by atomic mass is 32.2. The maximum Gasteiger partial charge on any atom is 0.322 e. The largest absolute Gasteiger partial charge is 0.493 e. The number of carboxylic acid groups (broad SMARTS) is 1. The third-order valence-electron chi connectivity index (χ3n) is 4.81. The van der Waals surface area contributed by atoms with Gasteiger partial charge in [0.25, 0.3) is 0 Å². The number of rotatable bonds is 12. The van der Waals surface area contributed by atoms with Crippen LogP contribution in [0.4, 0.5) is 0 Å². The highest BCUT2D eigenvalue weighted by molar-refractivity contribution is 7.89. The summed E-state index contributed by atoms with van der Waals surface area (Å²) in [5, 5.41) is 13.0. The van der Waals surface area contributed by atoms with E-state index >= 15 is 0 Å². The third-order valence-corrected chi connectivity index (χ3v) is 6.30. The van der Waals surface area contributed by atoms with Crippen LogP contribution in [-0.2, 0) is 31.5 Å². The second-order valence-corrected chi connectivity index (χ2v) is 10.4. The van der Waals surface area contributed by atoms with Gasteiger partial charge >= 0.3 is 5.97 Å². The van der Waals surface area contributed by atoms with Crippen molar-refractivity contribution in [3.63, 3.8) is 0 Å². The lowest BCUT2D eigenvalue weighted by Crippen LogP contribution is -2.42. The molecule has 6 N–H and O–H groups in total. The summed E-state index contributed by atoms with van der Waals surface area (Å²) in [6.07, 6.45) is 0.527. The fourth-order valence-electron chi connectivity index (χ4n) is 2.96. The van der Waals surface area contributed by atoms with Crippen molar-refractivity contribution in [3.8, 4) is 5.75 Å². The Balaban J connectivity index is 1.96. The first-order valence-electron chi connectivity index (χ1n) is 10.7. The number of benzene rings is 2. The molecule has 0 bridgehead atoms. The van der Waals surface area contributed by atoms with Crippen LogP contribution in [0.15, 0.2) is 58.6 Å². The van der Waals surface area contributed by atoms with Crippen molar-refractivity contribution < 1.29 is 27.9 Å². The summed E-state index contributed by atoms with van der Waals surface area (Å²) >= 11 is 0. The lowest BCUT2D eigenvalue weighted by atomic mass is 9.87. The lowest BCUT2D eigenvalue weighted by molar-refractivity contribution is -0.138. The molecule has 34 heavy (non-hydrogen) atoms. The first kappa shape index (κ1) is 26.9. The molecule has 10 nitrogen and oxygen atoms in total. The maximum absolute atomic E-state index is 12.8. The molecule has 0 aliphatic carbocycles. The number of carbonyl (C=O) groups is 1. The van der Waals surface area contributed by atoms with E-state index in [9.17, 15) is 18.3 Å². The second-order valence-electron chi connectivity index (χ2n) is 8.69. The highest BCUT2D eigenvalue weighted by Crippen LogP contribution is 2.23. The zero-order chi connectivity index (χ0) is 25.4. The number of aliphatic carboxylic acids is 1. The Morgan fingerprint density at radius 3 is 2.21 bits per heavy atom. The van der Waals surface area contributed by atoms with Crippen LogP contribution in [0.25, 0.3) is 0 Å². The first-order chi connectivity index (χ1) is 15.9. The number of nitrogens with one attached hydrogen (secondary N) is 1. The minimum atomic E-state index is -4.01. The number of hydrogen-bond acceptors (Lipinski definition) is 6. The normalized spacial score (nSPS) is 12.6. The summed E-state index contributed by atoms with van der Waals surface area (Å²) < 4.78 is 33.4. The molecule has 186 valence electrons. The van der Waals surface area contributed by atoms with Crippen LogP contribution in [-0.4, -0.2) is 44.7 Å². The fourth-order valence-corrected chi connectivity index (χ4v) is 4.15. The van der Waals surface area contributed by atoms with E-state index in [0.29, 0.717) is 24.3 Å². The van der Waals surface area contributed by atoms with E-state index in [2.05, 4.69) is 9.88 Å². The number of guanidine groups is 1. The maximum atomic E-state index is 12.8. The number of hydrogen-bond donors (Lipinski definition) is 4. The molecule has 0 spiro atoms. The van der Waals surface area contributed by atoms with Crippen LogP contribution < -0.4 is 20.9 Å². The van der Waals surface area contributed by atoms with Crippen molar-refractivity contribution in [1.82, 2.24) is 4.72 Å². The molecule has 0 amide bonds. The van der Waals surface area contributed by atoms with Gasteiger partial charge in [-0.15, -0.1) is 0 Å². The Morgan fingerprint density at radius 2 is 1.68 bits per heavy atom.